The average molecular weight is 445 g/mol. The van der Waals surface area contributed by atoms with E-state index in [0.29, 0.717) is 47.5 Å². The van der Waals surface area contributed by atoms with Crippen LogP contribution in [-0.4, -0.2) is 35.7 Å². The molecule has 0 saturated heterocycles. The highest BCUT2D eigenvalue weighted by Crippen LogP contribution is 2.41. The van der Waals surface area contributed by atoms with E-state index in [2.05, 4.69) is 15.3 Å². The van der Waals surface area contributed by atoms with Crippen LogP contribution in [0.3, 0.4) is 0 Å². The van der Waals surface area contributed by atoms with Crippen molar-refractivity contribution in [3.05, 3.63) is 59.9 Å². The van der Waals surface area contributed by atoms with Crippen molar-refractivity contribution >= 4 is 22.4 Å². The predicted molar refractivity (Wildman–Crippen MR) is 112 cm³/mol. The molecule has 2 heterocycles. The Labute approximate surface area is 182 Å². The smallest absolute Gasteiger partial charge is 0.392 e. The Morgan fingerprint density at radius 3 is 2.78 bits per heavy atom. The second kappa shape index (κ2) is 9.02. The third-order valence-corrected chi connectivity index (χ3v) is 5.58. The Balaban J connectivity index is 1.57. The van der Waals surface area contributed by atoms with Crippen LogP contribution in [0.15, 0.2) is 47.3 Å². The lowest BCUT2D eigenvalue weighted by molar-refractivity contribution is -0.175. The number of ether oxygens (including phenoxy) is 1. The van der Waals surface area contributed by atoms with Gasteiger partial charge in [-0.3, -0.25) is 9.78 Å². The molecule has 0 aliphatic heterocycles. The van der Waals surface area contributed by atoms with Crippen molar-refractivity contribution in [1.82, 2.24) is 15.3 Å². The molecule has 4 rings (SSSR count). The lowest BCUT2D eigenvalue weighted by Crippen LogP contribution is -2.25. The number of methoxy groups -OCH3 is 1. The first kappa shape index (κ1) is 21.9. The molecule has 1 N–H and O–H groups in total. The van der Waals surface area contributed by atoms with Crippen molar-refractivity contribution in [1.29, 1.82) is 0 Å². The maximum Gasteiger partial charge on any atom is 0.392 e. The van der Waals surface area contributed by atoms with Crippen molar-refractivity contribution in [3.8, 4) is 5.75 Å². The second-order valence-corrected chi connectivity index (χ2v) is 7.64. The molecule has 1 amide bonds. The van der Waals surface area contributed by atoms with E-state index >= 15 is 0 Å². The number of oxazole rings is 1. The van der Waals surface area contributed by atoms with Gasteiger partial charge in [-0.25, -0.2) is 4.98 Å². The molecule has 168 valence electrons. The van der Waals surface area contributed by atoms with E-state index in [1.165, 1.54) is 19.6 Å². The molecule has 0 saturated carbocycles. The zero-order valence-electron chi connectivity index (χ0n) is 17.4. The van der Waals surface area contributed by atoms with E-state index in [9.17, 15) is 18.0 Å². The maximum absolute atomic E-state index is 13.0. The number of carbonyl (C=O) groups is 1. The fourth-order valence-electron chi connectivity index (χ4n) is 3.85. The summed E-state index contributed by atoms with van der Waals surface area (Å²) >= 11 is 0. The molecule has 1 aromatic carbocycles. The molecule has 3 aromatic rings. The third-order valence-electron chi connectivity index (χ3n) is 5.58. The number of carbonyl (C=O) groups excluding carboxylic acids is 1. The number of amides is 1. The summed E-state index contributed by atoms with van der Waals surface area (Å²) in [5.74, 6) is -0.526. The highest BCUT2D eigenvalue weighted by Gasteiger charge is 2.39. The highest BCUT2D eigenvalue weighted by molar-refractivity contribution is 5.99. The minimum Gasteiger partial charge on any atom is -0.497 e. The molecule has 0 radical (unpaired) electrons. The minimum atomic E-state index is -4.19. The van der Waals surface area contributed by atoms with E-state index in [-0.39, 0.29) is 18.7 Å². The number of allylic oxidation sites excluding steroid dienone is 2. The van der Waals surface area contributed by atoms with Gasteiger partial charge in [-0.1, -0.05) is 6.08 Å². The molecule has 2 aromatic heterocycles. The van der Waals surface area contributed by atoms with E-state index in [1.807, 2.05) is 0 Å². The molecule has 0 spiro atoms. The van der Waals surface area contributed by atoms with Gasteiger partial charge in [0.05, 0.1) is 30.3 Å². The van der Waals surface area contributed by atoms with Gasteiger partial charge in [-0.15, -0.1) is 0 Å². The Morgan fingerprint density at radius 1 is 1.28 bits per heavy atom. The molecule has 1 atom stereocenters. The second-order valence-electron chi connectivity index (χ2n) is 7.64. The molecular weight excluding hydrogens is 423 g/mol. The number of aromatic nitrogens is 2. The molecule has 9 heteroatoms. The Morgan fingerprint density at radius 2 is 2.12 bits per heavy atom. The summed E-state index contributed by atoms with van der Waals surface area (Å²) in [5, 5.41) is 3.48. The predicted octanol–water partition coefficient (Wildman–Crippen LogP) is 4.95. The van der Waals surface area contributed by atoms with Gasteiger partial charge in [0, 0.05) is 30.1 Å². The monoisotopic (exact) mass is 445 g/mol. The average Bonchev–Trinajstić information content (AvgIpc) is 3.31. The summed E-state index contributed by atoms with van der Waals surface area (Å²) in [6.45, 7) is 0.355. The van der Waals surface area contributed by atoms with Crippen LogP contribution in [0.2, 0.25) is 0 Å². The highest BCUT2D eigenvalue weighted by atomic mass is 19.4. The maximum atomic E-state index is 13.0. The third kappa shape index (κ3) is 4.76. The van der Waals surface area contributed by atoms with Crippen molar-refractivity contribution < 1.29 is 27.1 Å². The van der Waals surface area contributed by atoms with Crippen molar-refractivity contribution in [3.63, 3.8) is 0 Å². The van der Waals surface area contributed by atoms with Gasteiger partial charge in [0.25, 0.3) is 5.91 Å². The van der Waals surface area contributed by atoms with E-state index in [4.69, 9.17) is 9.15 Å². The van der Waals surface area contributed by atoms with Crippen LogP contribution in [0, 0.1) is 5.92 Å². The first-order valence-corrected chi connectivity index (χ1v) is 10.3. The van der Waals surface area contributed by atoms with Crippen LogP contribution in [-0.2, 0) is 6.42 Å². The summed E-state index contributed by atoms with van der Waals surface area (Å²) in [6.07, 6.45) is 2.69. The van der Waals surface area contributed by atoms with Crippen LogP contribution in [0.1, 0.15) is 41.1 Å². The number of benzene rings is 1. The number of rotatable bonds is 6. The van der Waals surface area contributed by atoms with E-state index in [0.717, 1.165) is 11.1 Å². The molecule has 0 unspecified atom stereocenters. The number of halogens is 3. The summed E-state index contributed by atoms with van der Waals surface area (Å²) in [7, 11) is 1.52. The fourth-order valence-corrected chi connectivity index (χ4v) is 3.85. The SMILES string of the molecule is COc1cc(C2=CC[C@@H](C(F)(F)F)CC2)c2ncc(C(=O)NCCc3ncco3)cc2c1. The van der Waals surface area contributed by atoms with Crippen LogP contribution in [0.5, 0.6) is 5.75 Å². The number of nitrogens with one attached hydrogen (secondary N) is 1. The van der Waals surface area contributed by atoms with Gasteiger partial charge in [0.2, 0.25) is 0 Å². The van der Waals surface area contributed by atoms with Gasteiger partial charge in [0.15, 0.2) is 5.89 Å². The molecule has 1 aliphatic rings. The van der Waals surface area contributed by atoms with E-state index in [1.54, 1.807) is 30.5 Å². The summed E-state index contributed by atoms with van der Waals surface area (Å²) < 4.78 is 49.6. The van der Waals surface area contributed by atoms with Gasteiger partial charge >= 0.3 is 6.18 Å². The zero-order chi connectivity index (χ0) is 22.7. The Kier molecular flexibility index (Phi) is 6.16. The Hall–Kier alpha value is -3.36. The molecular formula is C23H22F3N3O3. The Bertz CT molecular complexity index is 1140. The first-order valence-electron chi connectivity index (χ1n) is 10.3. The molecule has 0 fully saturated rings. The molecule has 0 bridgehead atoms. The van der Waals surface area contributed by atoms with Crippen LogP contribution in [0.25, 0.3) is 16.5 Å². The molecule has 1 aliphatic carbocycles. The first-order chi connectivity index (χ1) is 15.3. The van der Waals surface area contributed by atoms with Crippen LogP contribution in [0.4, 0.5) is 13.2 Å². The topological polar surface area (TPSA) is 77.2 Å². The number of nitrogens with zero attached hydrogens (tertiary/aromatic N) is 2. The number of hydrogen-bond acceptors (Lipinski definition) is 5. The largest absolute Gasteiger partial charge is 0.497 e. The van der Waals surface area contributed by atoms with Gasteiger partial charge in [-0.2, -0.15) is 13.2 Å². The summed E-state index contributed by atoms with van der Waals surface area (Å²) in [5.41, 5.74) is 2.54. The lowest BCUT2D eigenvalue weighted by Gasteiger charge is -2.24. The van der Waals surface area contributed by atoms with Crippen LogP contribution >= 0.6 is 0 Å². The van der Waals surface area contributed by atoms with Crippen molar-refractivity contribution in [2.75, 3.05) is 13.7 Å². The summed E-state index contributed by atoms with van der Waals surface area (Å²) in [6, 6.07) is 5.25. The lowest BCUT2D eigenvalue weighted by atomic mass is 9.85. The fraction of sp³-hybridized carbons (Fsp3) is 0.348. The number of fused-ring (bicyclic) bond motifs is 1. The standard InChI is InChI=1S/C23H22F3N3O3/c1-31-18-11-15-10-16(22(30)28-7-6-20-27-8-9-32-20)13-29-21(15)19(12-18)14-2-4-17(5-3-14)23(24,25)26/h2,8-13,17H,3-7H2,1H3,(H,28,30)/t17-/m1/s1. The van der Waals surface area contributed by atoms with Crippen molar-refractivity contribution in [2.24, 2.45) is 5.92 Å². The quantitative estimate of drug-likeness (QED) is 0.581. The van der Waals surface area contributed by atoms with E-state index < -0.39 is 12.1 Å². The summed E-state index contributed by atoms with van der Waals surface area (Å²) in [4.78, 5) is 21.0. The van der Waals surface area contributed by atoms with Gasteiger partial charge in [-0.05, 0) is 43.0 Å². The molecule has 32 heavy (non-hydrogen) atoms. The number of pyridine rings is 1. The van der Waals surface area contributed by atoms with Crippen LogP contribution < -0.4 is 10.1 Å². The number of hydrogen-bond donors (Lipinski definition) is 1. The van der Waals surface area contributed by atoms with Gasteiger partial charge < -0.3 is 14.5 Å². The van der Waals surface area contributed by atoms with Crippen molar-refractivity contribution in [2.45, 2.75) is 31.9 Å². The molecule has 6 nitrogen and oxygen atoms in total. The number of alkyl halides is 3. The minimum absolute atomic E-state index is 0.0407. The normalized spacial score (nSPS) is 16.6. The van der Waals surface area contributed by atoms with Gasteiger partial charge in [0.1, 0.15) is 12.0 Å². The zero-order valence-corrected chi connectivity index (χ0v) is 17.4.